The maximum atomic E-state index is 13.1. The van der Waals surface area contributed by atoms with Gasteiger partial charge in [-0.25, -0.2) is 4.18 Å². The van der Waals surface area contributed by atoms with E-state index < -0.39 is 78.5 Å². The molecule has 0 aromatic carbocycles. The molecule has 0 bridgehead atoms. The van der Waals surface area contributed by atoms with Gasteiger partial charge >= 0.3 is 10.4 Å². The number of aliphatic hydroxyl groups is 5. The van der Waals surface area contributed by atoms with Crippen molar-refractivity contribution < 1.29 is 57.0 Å². The number of nitrogens with one attached hydrogen (secondary N) is 1. The fraction of sp³-hybridized carbons (Fsp3) is 0.930. The molecule has 0 aliphatic carbocycles. The molecule has 1 aliphatic rings. The minimum atomic E-state index is -5.11. The summed E-state index contributed by atoms with van der Waals surface area (Å²) in [6.45, 7) is 3.25. The van der Waals surface area contributed by atoms with E-state index in [2.05, 4.69) is 35.5 Å². The molecule has 0 spiro atoms. The average molecular weight is 838 g/mol. The number of ether oxygens (including phenoxy) is 2. The average Bonchev–Trinajstić information content (AvgIpc) is 3.18. The first-order valence-electron chi connectivity index (χ1n) is 22.7. The molecule has 0 aromatic rings. The summed E-state index contributed by atoms with van der Waals surface area (Å²) < 4.78 is 47.5. The molecule has 0 saturated carbocycles. The molecule has 1 amide bonds. The first kappa shape index (κ1) is 53.8. The van der Waals surface area contributed by atoms with Crippen molar-refractivity contribution in [2.24, 2.45) is 0 Å². The number of carbonyl (C=O) groups is 1. The Balaban J connectivity index is 2.56. The van der Waals surface area contributed by atoms with E-state index in [1.54, 1.807) is 0 Å². The van der Waals surface area contributed by atoms with Crippen molar-refractivity contribution in [1.82, 2.24) is 5.32 Å². The van der Waals surface area contributed by atoms with Crippen LogP contribution in [-0.2, 0) is 28.9 Å². The van der Waals surface area contributed by atoms with Crippen molar-refractivity contribution in [2.75, 3.05) is 13.2 Å². The predicted molar refractivity (Wildman–Crippen MR) is 224 cm³/mol. The van der Waals surface area contributed by atoms with Gasteiger partial charge in [0.2, 0.25) is 5.91 Å². The van der Waals surface area contributed by atoms with Crippen LogP contribution in [0.15, 0.2) is 12.2 Å². The van der Waals surface area contributed by atoms with Gasteiger partial charge < -0.3 is 40.3 Å². The molecule has 0 aromatic heterocycles. The monoisotopic (exact) mass is 838 g/mol. The van der Waals surface area contributed by atoms with Crippen molar-refractivity contribution in [3.8, 4) is 0 Å². The minimum Gasteiger partial charge on any atom is -0.394 e. The highest BCUT2D eigenvalue weighted by Crippen LogP contribution is 2.26. The molecule has 1 heterocycles. The molecule has 1 aliphatic heterocycles. The molecule has 13 nitrogen and oxygen atoms in total. The number of allylic oxidation sites excluding steroid dienone is 2. The lowest BCUT2D eigenvalue weighted by Crippen LogP contribution is -2.61. The predicted octanol–water partition coefficient (Wildman–Crippen LogP) is 7.36. The molecule has 14 heteroatoms. The van der Waals surface area contributed by atoms with Crippen molar-refractivity contribution >= 4 is 16.3 Å². The molecule has 1 saturated heterocycles. The van der Waals surface area contributed by atoms with Crippen LogP contribution in [0.4, 0.5) is 0 Å². The second kappa shape index (κ2) is 34.5. The third kappa shape index (κ3) is 27.3. The number of carbonyl (C=O) groups excluding carboxylic acids is 1. The zero-order valence-corrected chi connectivity index (χ0v) is 36.3. The fourth-order valence-corrected chi connectivity index (χ4v) is 7.79. The van der Waals surface area contributed by atoms with Crippen molar-refractivity contribution in [3.05, 3.63) is 12.2 Å². The molecule has 8 atom stereocenters. The van der Waals surface area contributed by atoms with E-state index in [9.17, 15) is 38.7 Å². The Kier molecular flexibility index (Phi) is 32.6. The van der Waals surface area contributed by atoms with E-state index in [1.165, 1.54) is 103 Å². The van der Waals surface area contributed by atoms with Crippen LogP contribution in [0.2, 0.25) is 0 Å². The van der Waals surface area contributed by atoms with Crippen molar-refractivity contribution in [2.45, 2.75) is 243 Å². The number of aliphatic hydroxyl groups excluding tert-OH is 5. The van der Waals surface area contributed by atoms with Crippen LogP contribution in [0, 0.1) is 0 Å². The highest BCUT2D eigenvalue weighted by atomic mass is 32.3. The molecule has 57 heavy (non-hydrogen) atoms. The van der Waals surface area contributed by atoms with E-state index in [0.717, 1.165) is 51.4 Å². The van der Waals surface area contributed by atoms with Gasteiger partial charge in [-0.3, -0.25) is 9.35 Å². The molecular formula is C43H83NO12S. The van der Waals surface area contributed by atoms with Gasteiger partial charge in [-0.2, -0.15) is 8.42 Å². The maximum absolute atomic E-state index is 13.1. The first-order chi connectivity index (χ1) is 27.4. The van der Waals surface area contributed by atoms with Gasteiger partial charge in [0, 0.05) is 0 Å². The van der Waals surface area contributed by atoms with Gasteiger partial charge in [-0.1, -0.05) is 167 Å². The smallest absolute Gasteiger partial charge is 0.394 e. The Labute approximate surface area is 345 Å². The van der Waals surface area contributed by atoms with E-state index in [4.69, 9.17) is 14.0 Å². The zero-order chi connectivity index (χ0) is 42.2. The summed E-state index contributed by atoms with van der Waals surface area (Å²) in [7, 11) is -5.11. The summed E-state index contributed by atoms with van der Waals surface area (Å²) in [5.41, 5.74) is 0. The van der Waals surface area contributed by atoms with Gasteiger partial charge in [0.1, 0.15) is 30.5 Å². The highest BCUT2D eigenvalue weighted by Gasteiger charge is 2.48. The van der Waals surface area contributed by atoms with Gasteiger partial charge in [-0.05, 0) is 38.5 Å². The van der Waals surface area contributed by atoms with Crippen LogP contribution in [0.25, 0.3) is 0 Å². The van der Waals surface area contributed by atoms with Gasteiger partial charge in [0.25, 0.3) is 0 Å². The third-order valence-electron chi connectivity index (χ3n) is 10.9. The summed E-state index contributed by atoms with van der Waals surface area (Å²) in [6, 6.07) is -1.03. The van der Waals surface area contributed by atoms with E-state index in [1.807, 2.05) is 0 Å². The summed E-state index contributed by atoms with van der Waals surface area (Å²) in [4.78, 5) is 13.1. The molecule has 338 valence electrons. The van der Waals surface area contributed by atoms with Gasteiger partial charge in [-0.15, -0.1) is 0 Å². The lowest BCUT2D eigenvalue weighted by atomic mass is 9.99. The quantitative estimate of drug-likeness (QED) is 0.0185. The standard InChI is InChI=1S/C43H83NO12S/c1-3-5-7-9-11-13-15-16-17-18-19-20-22-24-26-28-30-32-37(47)42(50)44-35(36(46)31-29-27-25-23-21-14-12-10-8-6-4-2)34-54-43-40(49)41(56-57(51,52)53)39(48)38(33-45)55-43/h19-20,35-41,43,45-49H,3-18,21-34H2,1-2H3,(H,44,50)(H,51,52,53)/b20-19-. The lowest BCUT2D eigenvalue weighted by Gasteiger charge is -2.41. The van der Waals surface area contributed by atoms with Crippen LogP contribution < -0.4 is 5.32 Å². The summed E-state index contributed by atoms with van der Waals surface area (Å²) in [6.07, 6.45) is 24.0. The molecule has 1 fully saturated rings. The number of hydrogen-bond acceptors (Lipinski definition) is 11. The van der Waals surface area contributed by atoms with Crippen LogP contribution in [0.3, 0.4) is 0 Å². The number of rotatable bonds is 38. The van der Waals surface area contributed by atoms with Crippen LogP contribution >= 0.6 is 0 Å². The Hall–Kier alpha value is -1.20. The highest BCUT2D eigenvalue weighted by molar-refractivity contribution is 7.80. The second-order valence-electron chi connectivity index (χ2n) is 16.1. The largest absolute Gasteiger partial charge is 0.397 e. The SMILES string of the molecule is CCCCCCCCCCC/C=C\CCCCCCC(O)C(=O)NC(COC1OC(CO)C(O)C(OS(=O)(=O)O)C1O)C(O)CCCCCCCCCCCCC. The van der Waals surface area contributed by atoms with Crippen molar-refractivity contribution in [3.63, 3.8) is 0 Å². The fourth-order valence-electron chi connectivity index (χ4n) is 7.28. The lowest BCUT2D eigenvalue weighted by molar-refractivity contribution is -0.298. The van der Waals surface area contributed by atoms with E-state index in [-0.39, 0.29) is 6.42 Å². The van der Waals surface area contributed by atoms with Crippen molar-refractivity contribution in [1.29, 1.82) is 0 Å². The summed E-state index contributed by atoms with van der Waals surface area (Å²) in [5, 5.41) is 55.2. The van der Waals surface area contributed by atoms with Crippen LogP contribution in [0.5, 0.6) is 0 Å². The molecule has 1 rings (SSSR count). The topological polar surface area (TPSA) is 212 Å². The Morgan fingerprint density at radius 1 is 0.684 bits per heavy atom. The Morgan fingerprint density at radius 2 is 1.12 bits per heavy atom. The van der Waals surface area contributed by atoms with Crippen LogP contribution in [0.1, 0.15) is 194 Å². The number of amides is 1. The number of unbranched alkanes of at least 4 members (excludes halogenated alkanes) is 23. The Bertz CT molecular complexity index is 1100. The van der Waals surface area contributed by atoms with Gasteiger partial charge in [0.05, 0.1) is 25.4 Å². The molecule has 0 radical (unpaired) electrons. The molecule has 7 N–H and O–H groups in total. The minimum absolute atomic E-state index is 0.248. The number of hydrogen-bond donors (Lipinski definition) is 7. The van der Waals surface area contributed by atoms with E-state index in [0.29, 0.717) is 19.3 Å². The summed E-state index contributed by atoms with van der Waals surface area (Å²) >= 11 is 0. The second-order valence-corrected chi connectivity index (χ2v) is 17.2. The first-order valence-corrected chi connectivity index (χ1v) is 24.0. The van der Waals surface area contributed by atoms with Crippen LogP contribution in [-0.4, -0.2) is 107 Å². The Morgan fingerprint density at radius 3 is 1.58 bits per heavy atom. The summed E-state index contributed by atoms with van der Waals surface area (Å²) in [5.74, 6) is -0.678. The normalized spacial score (nSPS) is 21.9. The maximum Gasteiger partial charge on any atom is 0.397 e. The molecule has 8 unspecified atom stereocenters. The van der Waals surface area contributed by atoms with Gasteiger partial charge in [0.15, 0.2) is 6.29 Å². The third-order valence-corrected chi connectivity index (χ3v) is 11.4. The molecular weight excluding hydrogens is 755 g/mol. The zero-order valence-electron chi connectivity index (χ0n) is 35.5. The van der Waals surface area contributed by atoms with E-state index >= 15 is 0 Å².